The van der Waals surface area contributed by atoms with Gasteiger partial charge in [0, 0.05) is 10.8 Å². The number of unbranched alkanes of at least 4 members (excludes halogenated alkanes) is 15. The Labute approximate surface area is 288 Å². The summed E-state index contributed by atoms with van der Waals surface area (Å²) in [5.41, 5.74) is 0. The van der Waals surface area contributed by atoms with Crippen LogP contribution in [0.4, 0.5) is 57.1 Å². The van der Waals surface area contributed by atoms with Gasteiger partial charge in [0.25, 0.3) is 0 Å². The molecule has 0 atom stereocenters. The van der Waals surface area contributed by atoms with Crippen LogP contribution in [0.2, 0.25) is 0 Å². The third-order valence-corrected chi connectivity index (χ3v) is 11.3. The zero-order valence-corrected chi connectivity index (χ0v) is 31.1. The predicted octanol–water partition coefficient (Wildman–Crippen LogP) is 15.1. The van der Waals surface area contributed by atoms with Crippen molar-refractivity contribution in [3.05, 3.63) is 0 Å². The summed E-state index contributed by atoms with van der Waals surface area (Å²) in [5, 5.41) is 0. The standard InChI is InChI=1S/C24H51P.C8H4F13I/c1-4-7-10-13-16-19-22-25(23-20-17-14-11-8-5-2)24-21-18-15-12-9-6-3;9-3(10,1-2-22)4(11,12)5(13,14)6(15,16)7(17,18)8(19,20)21/h4-24H2,1-3H3;1-2H2. The highest BCUT2D eigenvalue weighted by molar-refractivity contribution is 14.1. The molecular formula is C32H55F13IP. The Morgan fingerprint density at radius 1 is 0.383 bits per heavy atom. The molecule has 0 spiro atoms. The monoisotopic (exact) mass is 844 g/mol. The van der Waals surface area contributed by atoms with Crippen molar-refractivity contribution in [2.75, 3.05) is 22.9 Å². The minimum Gasteiger partial charge on any atom is -0.200 e. The second-order valence-electron chi connectivity index (χ2n) is 12.1. The van der Waals surface area contributed by atoms with Crippen molar-refractivity contribution < 1.29 is 57.1 Å². The van der Waals surface area contributed by atoms with Crippen molar-refractivity contribution in [1.29, 1.82) is 0 Å². The van der Waals surface area contributed by atoms with E-state index in [2.05, 4.69) is 20.8 Å². The summed E-state index contributed by atoms with van der Waals surface area (Å²) in [7, 11) is 0.366. The first-order valence-electron chi connectivity index (χ1n) is 16.9. The Morgan fingerprint density at radius 2 is 0.660 bits per heavy atom. The van der Waals surface area contributed by atoms with Crippen molar-refractivity contribution >= 4 is 30.5 Å². The minimum atomic E-state index is -7.81. The van der Waals surface area contributed by atoms with E-state index in [0.29, 0.717) is 7.92 Å². The third-order valence-electron chi connectivity index (χ3n) is 7.89. The number of rotatable bonds is 27. The number of halogens is 14. The van der Waals surface area contributed by atoms with Gasteiger partial charge in [-0.25, -0.2) is 0 Å². The van der Waals surface area contributed by atoms with Crippen LogP contribution in [-0.2, 0) is 0 Å². The van der Waals surface area contributed by atoms with Crippen LogP contribution in [0.25, 0.3) is 0 Å². The molecule has 286 valence electrons. The molecule has 0 bridgehead atoms. The molecule has 0 saturated carbocycles. The van der Waals surface area contributed by atoms with Gasteiger partial charge in [0.05, 0.1) is 0 Å². The molecule has 0 aromatic heterocycles. The van der Waals surface area contributed by atoms with Gasteiger partial charge >= 0.3 is 35.8 Å². The van der Waals surface area contributed by atoms with Crippen LogP contribution in [0, 0.1) is 0 Å². The second kappa shape index (κ2) is 24.4. The molecular weight excluding hydrogens is 789 g/mol. The van der Waals surface area contributed by atoms with Crippen LogP contribution in [0.3, 0.4) is 0 Å². The lowest BCUT2D eigenvalue weighted by atomic mass is 9.93. The van der Waals surface area contributed by atoms with Crippen LogP contribution in [0.1, 0.15) is 143 Å². The maximum absolute atomic E-state index is 12.9. The first-order valence-corrected chi connectivity index (χ1v) is 20.3. The lowest BCUT2D eigenvalue weighted by Crippen LogP contribution is -2.70. The van der Waals surface area contributed by atoms with E-state index in [1.165, 1.54) is 116 Å². The van der Waals surface area contributed by atoms with Gasteiger partial charge in [0.1, 0.15) is 0 Å². The number of hydrogen-bond donors (Lipinski definition) is 0. The molecule has 0 aliphatic carbocycles. The Kier molecular flexibility index (Phi) is 25.7. The predicted molar refractivity (Wildman–Crippen MR) is 176 cm³/mol. The summed E-state index contributed by atoms with van der Waals surface area (Å²) >= 11 is 0.957. The molecule has 0 radical (unpaired) electrons. The average molecular weight is 845 g/mol. The van der Waals surface area contributed by atoms with Gasteiger partial charge in [-0.3, -0.25) is 0 Å². The minimum absolute atomic E-state index is 0.366. The lowest BCUT2D eigenvalue weighted by molar-refractivity contribution is -0.439. The third kappa shape index (κ3) is 16.9. The SMILES string of the molecule is CCCCCCCCP(CCCCCCCC)CCCCCCCC.FC(F)(F)C(F)(F)C(F)(F)C(F)(F)C(F)(F)C(F)(F)CCI. The maximum Gasteiger partial charge on any atom is 0.460 e. The summed E-state index contributed by atoms with van der Waals surface area (Å²) < 4.78 is 161. The molecule has 0 nitrogen and oxygen atoms in total. The van der Waals surface area contributed by atoms with E-state index in [1.54, 1.807) is 18.5 Å². The van der Waals surface area contributed by atoms with Crippen molar-refractivity contribution in [1.82, 2.24) is 0 Å². The molecule has 0 rings (SSSR count). The number of alkyl halides is 14. The summed E-state index contributed by atoms with van der Waals surface area (Å²) in [4.78, 5) is 0. The van der Waals surface area contributed by atoms with E-state index in [1.807, 2.05) is 0 Å². The fourth-order valence-electron chi connectivity index (χ4n) is 4.76. The first kappa shape index (κ1) is 49.4. The van der Waals surface area contributed by atoms with Crippen molar-refractivity contribution in [2.45, 2.75) is 179 Å². The van der Waals surface area contributed by atoms with E-state index in [4.69, 9.17) is 0 Å². The highest BCUT2D eigenvalue weighted by Gasteiger charge is 2.90. The molecule has 0 aliphatic rings. The van der Waals surface area contributed by atoms with E-state index >= 15 is 0 Å². The fraction of sp³-hybridized carbons (Fsp3) is 1.00. The van der Waals surface area contributed by atoms with Gasteiger partial charge in [-0.05, 0) is 37.7 Å². The summed E-state index contributed by atoms with van der Waals surface area (Å²) in [6.07, 6.45) is 21.7. The van der Waals surface area contributed by atoms with Crippen LogP contribution in [0.5, 0.6) is 0 Å². The Bertz CT molecular complexity index is 724. The summed E-state index contributed by atoms with van der Waals surface area (Å²) in [5.74, 6) is -36.2. The lowest BCUT2D eigenvalue weighted by Gasteiger charge is -2.39. The van der Waals surface area contributed by atoms with Crippen molar-refractivity contribution in [3.63, 3.8) is 0 Å². The van der Waals surface area contributed by atoms with Crippen LogP contribution < -0.4 is 0 Å². The Hall–Kier alpha value is 0.250. The van der Waals surface area contributed by atoms with Crippen molar-refractivity contribution in [3.8, 4) is 0 Å². The van der Waals surface area contributed by atoms with E-state index < -0.39 is 46.6 Å². The molecule has 15 heteroatoms. The van der Waals surface area contributed by atoms with Gasteiger partial charge in [-0.1, -0.05) is 140 Å². The van der Waals surface area contributed by atoms with Gasteiger partial charge in [0.2, 0.25) is 0 Å². The average Bonchev–Trinajstić information content (AvgIpc) is 2.97. The highest BCUT2D eigenvalue weighted by Crippen LogP contribution is 2.60. The second-order valence-corrected chi connectivity index (χ2v) is 15.8. The Morgan fingerprint density at radius 3 is 0.936 bits per heavy atom. The summed E-state index contributed by atoms with van der Waals surface area (Å²) in [6, 6.07) is 0. The molecule has 0 saturated heterocycles. The molecule has 0 heterocycles. The Balaban J connectivity index is 0. The zero-order valence-electron chi connectivity index (χ0n) is 28.0. The molecule has 0 aromatic carbocycles. The van der Waals surface area contributed by atoms with Gasteiger partial charge < -0.3 is 0 Å². The van der Waals surface area contributed by atoms with Gasteiger partial charge in [-0.15, -0.1) is 7.92 Å². The molecule has 0 fully saturated rings. The highest BCUT2D eigenvalue weighted by atomic mass is 127. The molecule has 47 heavy (non-hydrogen) atoms. The summed E-state index contributed by atoms with van der Waals surface area (Å²) in [6.45, 7) is 6.96. The molecule has 0 N–H and O–H groups in total. The smallest absolute Gasteiger partial charge is 0.200 e. The maximum atomic E-state index is 12.9. The van der Waals surface area contributed by atoms with Crippen LogP contribution in [-0.4, -0.2) is 58.7 Å². The zero-order chi connectivity index (χ0) is 36.8. The molecule has 0 aliphatic heterocycles. The van der Waals surface area contributed by atoms with E-state index in [0.717, 1.165) is 22.6 Å². The quantitative estimate of drug-likeness (QED) is 0.0254. The number of hydrogen-bond acceptors (Lipinski definition) is 0. The topological polar surface area (TPSA) is 0 Å². The van der Waals surface area contributed by atoms with Gasteiger partial charge in [-0.2, -0.15) is 57.1 Å². The van der Waals surface area contributed by atoms with Crippen LogP contribution in [0.15, 0.2) is 0 Å². The molecule has 0 aromatic rings. The van der Waals surface area contributed by atoms with E-state index in [-0.39, 0.29) is 0 Å². The normalized spacial score (nSPS) is 13.7. The van der Waals surface area contributed by atoms with Gasteiger partial charge in [0.15, 0.2) is 0 Å². The van der Waals surface area contributed by atoms with Crippen LogP contribution >= 0.6 is 30.5 Å². The molecule has 0 amide bonds. The first-order chi connectivity index (χ1) is 21.7. The van der Waals surface area contributed by atoms with E-state index in [9.17, 15) is 57.1 Å². The largest absolute Gasteiger partial charge is 0.460 e. The fourth-order valence-corrected chi connectivity index (χ4v) is 8.12. The molecule has 0 unspecified atom stereocenters. The van der Waals surface area contributed by atoms with Crippen molar-refractivity contribution in [2.24, 2.45) is 0 Å².